The molecule has 1 heterocycles. The number of ether oxygens (including phenoxy) is 1. The number of rotatable bonds is 6. The Kier molecular flexibility index (Phi) is 5.04. The van der Waals surface area contributed by atoms with Crippen molar-refractivity contribution in [3.8, 4) is 5.75 Å². The smallest absolute Gasteiger partial charge is 0.146 e. The molecule has 108 valence electrons. The Morgan fingerprint density at radius 1 is 1.35 bits per heavy atom. The molecule has 3 nitrogen and oxygen atoms in total. The molecule has 2 rings (SSSR count). The van der Waals surface area contributed by atoms with E-state index in [0.717, 1.165) is 12.1 Å². The Hall–Kier alpha value is -1.52. The highest BCUT2D eigenvalue weighted by atomic mass is 35.5. The van der Waals surface area contributed by atoms with E-state index in [4.69, 9.17) is 20.8 Å². The predicted molar refractivity (Wildman–Crippen MR) is 76.4 cm³/mol. The maximum Gasteiger partial charge on any atom is 0.146 e. The predicted octanol–water partition coefficient (Wildman–Crippen LogP) is 4.15. The minimum absolute atomic E-state index is 0.0452. The summed E-state index contributed by atoms with van der Waals surface area (Å²) < 4.78 is 23.9. The van der Waals surface area contributed by atoms with Crippen molar-refractivity contribution in [3.05, 3.63) is 52.7 Å². The van der Waals surface area contributed by atoms with E-state index in [0.29, 0.717) is 17.6 Å². The van der Waals surface area contributed by atoms with Gasteiger partial charge in [0.15, 0.2) is 0 Å². The molecule has 0 bridgehead atoms. The quantitative estimate of drug-likeness (QED) is 0.870. The van der Waals surface area contributed by atoms with Gasteiger partial charge in [0.1, 0.15) is 23.9 Å². The summed E-state index contributed by atoms with van der Waals surface area (Å²) in [5, 5.41) is 3.35. The maximum atomic E-state index is 13.0. The van der Waals surface area contributed by atoms with Crippen LogP contribution < -0.4 is 10.1 Å². The van der Waals surface area contributed by atoms with Crippen molar-refractivity contribution in [1.82, 2.24) is 5.32 Å². The van der Waals surface area contributed by atoms with Gasteiger partial charge in [-0.05, 0) is 18.2 Å². The van der Waals surface area contributed by atoms with E-state index in [2.05, 4.69) is 19.2 Å². The van der Waals surface area contributed by atoms with E-state index in [-0.39, 0.29) is 11.6 Å². The second-order valence-corrected chi connectivity index (χ2v) is 5.23. The molecule has 1 aromatic carbocycles. The molecule has 1 aromatic heterocycles. The Morgan fingerprint density at radius 3 is 2.85 bits per heavy atom. The van der Waals surface area contributed by atoms with Gasteiger partial charge in [0.25, 0.3) is 0 Å². The van der Waals surface area contributed by atoms with Crippen LogP contribution in [-0.4, -0.2) is 6.04 Å². The maximum absolute atomic E-state index is 13.0. The molecule has 0 spiro atoms. The van der Waals surface area contributed by atoms with Crippen LogP contribution in [0.25, 0.3) is 0 Å². The van der Waals surface area contributed by atoms with Gasteiger partial charge in [-0.15, -0.1) is 0 Å². The first-order chi connectivity index (χ1) is 9.54. The second-order valence-electron chi connectivity index (χ2n) is 4.82. The minimum atomic E-state index is -0.459. The third-order valence-electron chi connectivity index (χ3n) is 2.69. The van der Waals surface area contributed by atoms with Crippen LogP contribution in [0.15, 0.2) is 34.9 Å². The summed E-state index contributed by atoms with van der Waals surface area (Å²) in [6.07, 6.45) is 1.70. The van der Waals surface area contributed by atoms with E-state index in [1.54, 1.807) is 6.26 Å². The van der Waals surface area contributed by atoms with E-state index in [9.17, 15) is 4.39 Å². The van der Waals surface area contributed by atoms with Gasteiger partial charge < -0.3 is 14.5 Å². The van der Waals surface area contributed by atoms with E-state index >= 15 is 0 Å². The highest BCUT2D eigenvalue weighted by molar-refractivity contribution is 6.30. The molecule has 0 atom stereocenters. The van der Waals surface area contributed by atoms with Crippen LogP contribution in [0.3, 0.4) is 0 Å². The molecule has 0 aliphatic heterocycles. The SMILES string of the molecule is CC(C)NCc1coc(COc2ccc(F)c(Cl)c2)c1. The Bertz CT molecular complexity index is 569. The number of hydrogen-bond donors (Lipinski definition) is 1. The normalized spacial score (nSPS) is 11.1. The Morgan fingerprint density at radius 2 is 2.15 bits per heavy atom. The van der Waals surface area contributed by atoms with Crippen molar-refractivity contribution < 1.29 is 13.5 Å². The monoisotopic (exact) mass is 297 g/mol. The molecule has 0 radical (unpaired) electrons. The topological polar surface area (TPSA) is 34.4 Å². The molecule has 0 saturated carbocycles. The first-order valence-electron chi connectivity index (χ1n) is 6.42. The van der Waals surface area contributed by atoms with Crippen molar-refractivity contribution in [2.45, 2.75) is 33.0 Å². The number of hydrogen-bond acceptors (Lipinski definition) is 3. The van der Waals surface area contributed by atoms with Gasteiger partial charge in [-0.1, -0.05) is 25.4 Å². The minimum Gasteiger partial charge on any atom is -0.486 e. The highest BCUT2D eigenvalue weighted by Gasteiger charge is 2.05. The molecule has 0 aliphatic rings. The Balaban J connectivity index is 1.89. The molecule has 5 heteroatoms. The fourth-order valence-corrected chi connectivity index (χ4v) is 1.81. The first kappa shape index (κ1) is 14.9. The molecule has 0 fully saturated rings. The van der Waals surface area contributed by atoms with Crippen LogP contribution >= 0.6 is 11.6 Å². The lowest BCUT2D eigenvalue weighted by molar-refractivity contribution is 0.270. The largest absolute Gasteiger partial charge is 0.486 e. The lowest BCUT2D eigenvalue weighted by Crippen LogP contribution is -2.21. The summed E-state index contributed by atoms with van der Waals surface area (Å²) in [7, 11) is 0. The molecule has 0 amide bonds. The molecule has 0 aliphatic carbocycles. The van der Waals surface area contributed by atoms with Crippen molar-refractivity contribution in [2.75, 3.05) is 0 Å². The lowest BCUT2D eigenvalue weighted by Gasteiger charge is -2.05. The van der Waals surface area contributed by atoms with E-state index in [1.807, 2.05) is 6.07 Å². The summed E-state index contributed by atoms with van der Waals surface area (Å²) in [5.41, 5.74) is 1.06. The standard InChI is InChI=1S/C15H17ClFNO2/c1-10(2)18-7-11-5-13(19-8-11)9-20-12-3-4-15(17)14(16)6-12/h3-6,8,10,18H,7,9H2,1-2H3. The summed E-state index contributed by atoms with van der Waals surface area (Å²) in [5.74, 6) is 0.764. The zero-order chi connectivity index (χ0) is 14.5. The van der Waals surface area contributed by atoms with Crippen LogP contribution in [0.5, 0.6) is 5.75 Å². The van der Waals surface area contributed by atoms with Gasteiger partial charge in [0.05, 0.1) is 11.3 Å². The molecular weight excluding hydrogens is 281 g/mol. The fraction of sp³-hybridized carbons (Fsp3) is 0.333. The van der Waals surface area contributed by atoms with Crippen molar-refractivity contribution >= 4 is 11.6 Å². The van der Waals surface area contributed by atoms with Crippen molar-refractivity contribution in [1.29, 1.82) is 0 Å². The van der Waals surface area contributed by atoms with Crippen LogP contribution in [0.1, 0.15) is 25.2 Å². The van der Waals surface area contributed by atoms with Crippen LogP contribution in [0.2, 0.25) is 5.02 Å². The Labute approximate surface area is 122 Å². The van der Waals surface area contributed by atoms with Crippen LogP contribution in [0, 0.1) is 5.82 Å². The summed E-state index contributed by atoms with van der Waals surface area (Å²) in [6, 6.07) is 6.61. The molecule has 0 saturated heterocycles. The molecule has 1 N–H and O–H groups in total. The van der Waals surface area contributed by atoms with Crippen molar-refractivity contribution in [2.24, 2.45) is 0 Å². The van der Waals surface area contributed by atoms with Gasteiger partial charge in [-0.25, -0.2) is 4.39 Å². The van der Waals surface area contributed by atoms with Crippen LogP contribution in [0.4, 0.5) is 4.39 Å². The van der Waals surface area contributed by atoms with E-state index < -0.39 is 5.82 Å². The summed E-state index contributed by atoms with van der Waals surface area (Å²) >= 11 is 5.68. The summed E-state index contributed by atoms with van der Waals surface area (Å²) in [4.78, 5) is 0. The van der Waals surface area contributed by atoms with Crippen LogP contribution in [-0.2, 0) is 13.2 Å². The fourth-order valence-electron chi connectivity index (χ4n) is 1.64. The van der Waals surface area contributed by atoms with Gasteiger partial charge in [0.2, 0.25) is 0 Å². The second kappa shape index (κ2) is 6.77. The highest BCUT2D eigenvalue weighted by Crippen LogP contribution is 2.22. The third-order valence-corrected chi connectivity index (χ3v) is 2.98. The zero-order valence-electron chi connectivity index (χ0n) is 11.5. The van der Waals surface area contributed by atoms with Gasteiger partial charge >= 0.3 is 0 Å². The molecule has 0 unspecified atom stereocenters. The lowest BCUT2D eigenvalue weighted by atomic mass is 10.3. The average Bonchev–Trinajstić information content (AvgIpc) is 2.86. The number of nitrogens with one attached hydrogen (secondary N) is 1. The van der Waals surface area contributed by atoms with E-state index in [1.165, 1.54) is 18.2 Å². The molecule has 20 heavy (non-hydrogen) atoms. The zero-order valence-corrected chi connectivity index (χ0v) is 12.2. The number of furan rings is 1. The first-order valence-corrected chi connectivity index (χ1v) is 6.80. The third kappa shape index (κ3) is 4.25. The van der Waals surface area contributed by atoms with Gasteiger partial charge in [-0.3, -0.25) is 0 Å². The number of benzene rings is 1. The van der Waals surface area contributed by atoms with Gasteiger partial charge in [-0.2, -0.15) is 0 Å². The number of halogens is 2. The van der Waals surface area contributed by atoms with Crippen molar-refractivity contribution in [3.63, 3.8) is 0 Å². The van der Waals surface area contributed by atoms with Gasteiger partial charge in [0, 0.05) is 24.2 Å². The summed E-state index contributed by atoms with van der Waals surface area (Å²) in [6.45, 7) is 5.21. The molecule has 2 aromatic rings. The molecular formula is C15H17ClFNO2. The average molecular weight is 298 g/mol.